The zero-order chi connectivity index (χ0) is 15.0. The average molecular weight is 311 g/mol. The highest BCUT2D eigenvalue weighted by Gasteiger charge is 2.33. The molecule has 0 fully saturated rings. The molecule has 0 saturated carbocycles. The van der Waals surface area contributed by atoms with Crippen molar-refractivity contribution in [3.63, 3.8) is 0 Å². The Morgan fingerprint density at radius 3 is 2.57 bits per heavy atom. The van der Waals surface area contributed by atoms with Gasteiger partial charge >= 0.3 is 6.18 Å². The molecule has 0 amide bonds. The maximum absolute atomic E-state index is 13.0. The smallest absolute Gasteiger partial charge is 0.287 e. The van der Waals surface area contributed by atoms with Gasteiger partial charge in [0.15, 0.2) is 0 Å². The molecule has 108 valence electrons. The SMILES string of the molecule is FC(F)(F)c1ccccc1Cc1ncc2cccc(Cl)n12. The first-order chi connectivity index (χ1) is 9.97. The lowest BCUT2D eigenvalue weighted by Gasteiger charge is -2.12. The molecule has 2 aromatic heterocycles. The van der Waals surface area contributed by atoms with E-state index in [0.717, 1.165) is 11.6 Å². The molecule has 2 heterocycles. The molecule has 0 aliphatic rings. The van der Waals surface area contributed by atoms with Crippen LogP contribution in [0.4, 0.5) is 13.2 Å². The Morgan fingerprint density at radius 1 is 1.05 bits per heavy atom. The summed E-state index contributed by atoms with van der Waals surface area (Å²) in [5.41, 5.74) is 0.285. The van der Waals surface area contributed by atoms with Crippen LogP contribution >= 0.6 is 11.6 Å². The molecular weight excluding hydrogens is 301 g/mol. The van der Waals surface area contributed by atoms with Gasteiger partial charge in [0.2, 0.25) is 0 Å². The Morgan fingerprint density at radius 2 is 1.81 bits per heavy atom. The second kappa shape index (κ2) is 5.07. The maximum atomic E-state index is 13.0. The minimum absolute atomic E-state index is 0.0631. The number of aromatic nitrogens is 2. The number of pyridine rings is 1. The Bertz CT molecular complexity index is 793. The third kappa shape index (κ3) is 2.61. The number of nitrogens with zero attached hydrogens (tertiary/aromatic N) is 2. The van der Waals surface area contributed by atoms with E-state index in [1.807, 2.05) is 0 Å². The van der Waals surface area contributed by atoms with Crippen molar-refractivity contribution in [1.29, 1.82) is 0 Å². The van der Waals surface area contributed by atoms with Crippen LogP contribution in [0.5, 0.6) is 0 Å². The Labute approximate surface area is 123 Å². The predicted molar refractivity (Wildman–Crippen MR) is 74.5 cm³/mol. The summed E-state index contributed by atoms with van der Waals surface area (Å²) in [4.78, 5) is 4.19. The molecule has 21 heavy (non-hydrogen) atoms. The Hall–Kier alpha value is -2.01. The van der Waals surface area contributed by atoms with Gasteiger partial charge in [0.1, 0.15) is 11.0 Å². The Kier molecular flexibility index (Phi) is 3.37. The predicted octanol–water partition coefficient (Wildman–Crippen LogP) is 4.60. The largest absolute Gasteiger partial charge is 0.416 e. The van der Waals surface area contributed by atoms with Crippen LogP contribution in [-0.2, 0) is 12.6 Å². The van der Waals surface area contributed by atoms with Gasteiger partial charge in [0.25, 0.3) is 0 Å². The molecule has 0 bridgehead atoms. The van der Waals surface area contributed by atoms with Crippen molar-refractivity contribution in [1.82, 2.24) is 9.38 Å². The van der Waals surface area contributed by atoms with E-state index in [1.54, 1.807) is 34.9 Å². The van der Waals surface area contributed by atoms with Crippen molar-refractivity contribution in [2.24, 2.45) is 0 Å². The van der Waals surface area contributed by atoms with Gasteiger partial charge in [-0.1, -0.05) is 35.9 Å². The standard InChI is InChI=1S/C15H10ClF3N2/c16-13-7-3-5-11-9-20-14(21(11)13)8-10-4-1-2-6-12(10)15(17,18)19/h1-7,9H,8H2. The minimum Gasteiger partial charge on any atom is -0.287 e. The van der Waals surface area contributed by atoms with E-state index < -0.39 is 11.7 Å². The summed E-state index contributed by atoms with van der Waals surface area (Å²) < 4.78 is 40.7. The van der Waals surface area contributed by atoms with Gasteiger partial charge in [-0.3, -0.25) is 4.40 Å². The number of benzene rings is 1. The lowest BCUT2D eigenvalue weighted by molar-refractivity contribution is -0.138. The first-order valence-corrected chi connectivity index (χ1v) is 6.60. The molecule has 0 saturated heterocycles. The van der Waals surface area contributed by atoms with E-state index >= 15 is 0 Å². The van der Waals surface area contributed by atoms with Crippen molar-refractivity contribution in [2.75, 3.05) is 0 Å². The van der Waals surface area contributed by atoms with Gasteiger partial charge in [0.05, 0.1) is 17.3 Å². The molecule has 0 radical (unpaired) electrons. The number of rotatable bonds is 2. The van der Waals surface area contributed by atoms with E-state index in [-0.39, 0.29) is 12.0 Å². The normalized spacial score (nSPS) is 12.0. The topological polar surface area (TPSA) is 17.3 Å². The van der Waals surface area contributed by atoms with Crippen LogP contribution in [0.3, 0.4) is 0 Å². The van der Waals surface area contributed by atoms with Crippen LogP contribution in [0.15, 0.2) is 48.7 Å². The van der Waals surface area contributed by atoms with Crippen molar-refractivity contribution in [3.8, 4) is 0 Å². The van der Waals surface area contributed by atoms with Gasteiger partial charge < -0.3 is 0 Å². The van der Waals surface area contributed by atoms with Crippen molar-refractivity contribution >= 4 is 17.1 Å². The third-order valence-corrected chi connectivity index (χ3v) is 3.54. The minimum atomic E-state index is -4.38. The molecule has 0 N–H and O–H groups in total. The summed E-state index contributed by atoms with van der Waals surface area (Å²) in [7, 11) is 0. The van der Waals surface area contributed by atoms with Crippen LogP contribution in [0.25, 0.3) is 5.52 Å². The molecule has 3 aromatic rings. The van der Waals surface area contributed by atoms with Crippen molar-refractivity contribution in [3.05, 3.63) is 70.8 Å². The zero-order valence-corrected chi connectivity index (χ0v) is 11.5. The summed E-state index contributed by atoms with van der Waals surface area (Å²) in [6.45, 7) is 0. The number of imidazole rings is 1. The van der Waals surface area contributed by atoms with Crippen LogP contribution in [0.1, 0.15) is 17.0 Å². The third-order valence-electron chi connectivity index (χ3n) is 3.25. The van der Waals surface area contributed by atoms with E-state index in [9.17, 15) is 13.2 Å². The highest BCUT2D eigenvalue weighted by molar-refractivity contribution is 6.29. The summed E-state index contributed by atoms with van der Waals surface area (Å²) in [5, 5.41) is 0.421. The lowest BCUT2D eigenvalue weighted by atomic mass is 10.0. The zero-order valence-electron chi connectivity index (χ0n) is 10.7. The fourth-order valence-corrected chi connectivity index (χ4v) is 2.58. The van der Waals surface area contributed by atoms with Crippen molar-refractivity contribution in [2.45, 2.75) is 12.6 Å². The summed E-state index contributed by atoms with van der Waals surface area (Å²) in [5.74, 6) is 0.479. The molecule has 0 aliphatic heterocycles. The number of fused-ring (bicyclic) bond motifs is 1. The first kappa shape index (κ1) is 13.9. The van der Waals surface area contributed by atoms with E-state index in [2.05, 4.69) is 4.98 Å². The Balaban J connectivity index is 2.08. The van der Waals surface area contributed by atoms with Crippen LogP contribution < -0.4 is 0 Å². The van der Waals surface area contributed by atoms with Crippen LogP contribution in [0.2, 0.25) is 5.15 Å². The molecule has 2 nitrogen and oxygen atoms in total. The number of hydrogen-bond acceptors (Lipinski definition) is 1. The molecule has 0 aliphatic carbocycles. The van der Waals surface area contributed by atoms with Crippen LogP contribution in [0, 0.1) is 0 Å². The molecule has 0 atom stereocenters. The monoisotopic (exact) mass is 310 g/mol. The highest BCUT2D eigenvalue weighted by Crippen LogP contribution is 2.33. The summed E-state index contributed by atoms with van der Waals surface area (Å²) in [6.07, 6.45) is -2.72. The first-order valence-electron chi connectivity index (χ1n) is 6.23. The van der Waals surface area contributed by atoms with Crippen molar-refractivity contribution < 1.29 is 13.2 Å². The molecule has 0 unspecified atom stereocenters. The molecule has 6 heteroatoms. The summed E-state index contributed by atoms with van der Waals surface area (Å²) >= 11 is 6.10. The van der Waals surface area contributed by atoms with Gasteiger partial charge in [-0.05, 0) is 23.8 Å². The lowest BCUT2D eigenvalue weighted by Crippen LogP contribution is -2.10. The average Bonchev–Trinajstić information content (AvgIpc) is 2.83. The molecule has 3 rings (SSSR count). The number of alkyl halides is 3. The molecular formula is C15H10ClF3N2. The van der Waals surface area contributed by atoms with E-state index in [0.29, 0.717) is 11.0 Å². The second-order valence-corrected chi connectivity index (χ2v) is 5.00. The summed E-state index contributed by atoms with van der Waals surface area (Å²) in [6, 6.07) is 10.7. The highest BCUT2D eigenvalue weighted by atomic mass is 35.5. The van der Waals surface area contributed by atoms with E-state index in [4.69, 9.17) is 11.6 Å². The quantitative estimate of drug-likeness (QED) is 0.632. The fraction of sp³-hybridized carbons (Fsp3) is 0.133. The van der Waals surface area contributed by atoms with Gasteiger partial charge in [-0.25, -0.2) is 4.98 Å². The number of hydrogen-bond donors (Lipinski definition) is 0. The number of halogens is 4. The molecule has 1 aromatic carbocycles. The fourth-order valence-electron chi connectivity index (χ4n) is 2.32. The second-order valence-electron chi connectivity index (χ2n) is 4.61. The molecule has 0 spiro atoms. The van der Waals surface area contributed by atoms with Gasteiger partial charge in [-0.2, -0.15) is 13.2 Å². The maximum Gasteiger partial charge on any atom is 0.416 e. The van der Waals surface area contributed by atoms with Crippen LogP contribution in [-0.4, -0.2) is 9.38 Å². The van der Waals surface area contributed by atoms with E-state index in [1.165, 1.54) is 12.1 Å². The van der Waals surface area contributed by atoms with Gasteiger partial charge in [-0.15, -0.1) is 0 Å². The van der Waals surface area contributed by atoms with Gasteiger partial charge in [0, 0.05) is 6.42 Å².